The highest BCUT2D eigenvalue weighted by atomic mass is 16.6. The number of anilines is 1. The highest BCUT2D eigenvalue weighted by molar-refractivity contribution is 5.89. The maximum atomic E-state index is 10.7. The van der Waals surface area contributed by atoms with Gasteiger partial charge in [0.2, 0.25) is 0 Å². The summed E-state index contributed by atoms with van der Waals surface area (Å²) in [5.74, 6) is 3.70. The summed E-state index contributed by atoms with van der Waals surface area (Å²) >= 11 is 0. The number of nitrogen functional groups attached to an aromatic ring is 1. The molecule has 0 aromatic heterocycles. The fraction of sp³-hybridized carbons (Fsp3) is 0.100. The van der Waals surface area contributed by atoms with Gasteiger partial charge in [0.25, 0.3) is 5.69 Å². The van der Waals surface area contributed by atoms with Crippen molar-refractivity contribution < 1.29 is 14.5 Å². The van der Waals surface area contributed by atoms with Crippen LogP contribution in [0.3, 0.4) is 0 Å². The van der Waals surface area contributed by atoms with Crippen molar-refractivity contribution in [2.24, 2.45) is 0 Å². The summed E-state index contributed by atoms with van der Waals surface area (Å²) in [5, 5.41) is 10.7. The minimum Gasteiger partial charge on any atom is -0.459 e. The predicted octanol–water partition coefficient (Wildman–Crippen LogP) is 0.702. The number of methoxy groups -OCH3 is 1. The summed E-state index contributed by atoms with van der Waals surface area (Å²) in [6.07, 6.45) is 0. The SMILES string of the molecule is COC(=O)C#Cc1ccc(N)cc1[N+](=O)[O-]. The van der Waals surface area contributed by atoms with Crippen LogP contribution in [0.25, 0.3) is 0 Å². The Kier molecular flexibility index (Phi) is 3.45. The molecule has 0 bridgehead atoms. The number of benzene rings is 1. The van der Waals surface area contributed by atoms with E-state index in [-0.39, 0.29) is 16.9 Å². The number of esters is 1. The minimum atomic E-state index is -0.758. The van der Waals surface area contributed by atoms with E-state index in [0.29, 0.717) is 0 Å². The lowest BCUT2D eigenvalue weighted by Gasteiger charge is -1.96. The van der Waals surface area contributed by atoms with Gasteiger partial charge in [0, 0.05) is 17.7 Å². The maximum Gasteiger partial charge on any atom is 0.384 e. The van der Waals surface area contributed by atoms with Gasteiger partial charge in [0.15, 0.2) is 0 Å². The summed E-state index contributed by atoms with van der Waals surface area (Å²) in [4.78, 5) is 20.8. The Morgan fingerprint density at radius 2 is 2.25 bits per heavy atom. The van der Waals surface area contributed by atoms with Gasteiger partial charge in [-0.25, -0.2) is 4.79 Å². The molecule has 0 unspecified atom stereocenters. The summed E-state index contributed by atoms with van der Waals surface area (Å²) in [6.45, 7) is 0. The molecule has 1 aromatic rings. The van der Waals surface area contributed by atoms with Crippen LogP contribution in [0.5, 0.6) is 0 Å². The Morgan fingerprint density at radius 3 is 2.81 bits per heavy atom. The Balaban J connectivity index is 3.17. The quantitative estimate of drug-likeness (QED) is 0.247. The first-order valence-electron chi connectivity index (χ1n) is 4.18. The number of nitro groups is 1. The fourth-order valence-corrected chi connectivity index (χ4v) is 0.975. The van der Waals surface area contributed by atoms with E-state index in [1.165, 1.54) is 25.3 Å². The molecule has 0 atom stereocenters. The molecular weight excluding hydrogens is 212 g/mol. The standard InChI is InChI=1S/C10H8N2O4/c1-16-10(13)5-3-7-2-4-8(11)6-9(7)12(14)15/h2,4,6H,11H2,1H3. The number of carbonyl (C=O) groups is 1. The molecule has 0 aliphatic carbocycles. The molecule has 0 aliphatic rings. The van der Waals surface area contributed by atoms with Crippen LogP contribution in [-0.2, 0) is 9.53 Å². The fourth-order valence-electron chi connectivity index (χ4n) is 0.975. The van der Waals surface area contributed by atoms with Crippen LogP contribution < -0.4 is 5.73 Å². The van der Waals surface area contributed by atoms with Gasteiger partial charge in [-0.05, 0) is 18.1 Å². The molecule has 0 fully saturated rings. The van der Waals surface area contributed by atoms with E-state index in [1.54, 1.807) is 0 Å². The molecule has 0 aliphatic heterocycles. The second kappa shape index (κ2) is 4.79. The van der Waals surface area contributed by atoms with Gasteiger partial charge in [-0.3, -0.25) is 10.1 Å². The van der Waals surface area contributed by atoms with E-state index in [4.69, 9.17) is 5.73 Å². The van der Waals surface area contributed by atoms with Gasteiger partial charge >= 0.3 is 5.97 Å². The van der Waals surface area contributed by atoms with Gasteiger partial charge in [-0.15, -0.1) is 0 Å². The number of rotatable bonds is 1. The van der Waals surface area contributed by atoms with Crippen molar-refractivity contribution in [2.75, 3.05) is 12.8 Å². The zero-order chi connectivity index (χ0) is 12.1. The first-order valence-corrected chi connectivity index (χ1v) is 4.18. The van der Waals surface area contributed by atoms with E-state index < -0.39 is 10.9 Å². The van der Waals surface area contributed by atoms with Crippen molar-refractivity contribution in [3.63, 3.8) is 0 Å². The number of nitro benzene ring substituents is 1. The van der Waals surface area contributed by atoms with Crippen LogP contribution in [-0.4, -0.2) is 18.0 Å². The third-order valence-corrected chi connectivity index (χ3v) is 1.70. The third kappa shape index (κ3) is 2.72. The number of carbonyl (C=O) groups excluding carboxylic acids is 1. The maximum absolute atomic E-state index is 10.7. The Hall–Kier alpha value is -2.55. The second-order valence-corrected chi connectivity index (χ2v) is 2.78. The predicted molar refractivity (Wildman–Crippen MR) is 56.4 cm³/mol. The van der Waals surface area contributed by atoms with Crippen LogP contribution >= 0.6 is 0 Å². The van der Waals surface area contributed by atoms with Gasteiger partial charge in [0.1, 0.15) is 5.56 Å². The van der Waals surface area contributed by atoms with Crippen molar-refractivity contribution in [2.45, 2.75) is 0 Å². The van der Waals surface area contributed by atoms with Crippen molar-refractivity contribution >= 4 is 17.3 Å². The van der Waals surface area contributed by atoms with Crippen LogP contribution in [0.1, 0.15) is 5.56 Å². The van der Waals surface area contributed by atoms with Gasteiger partial charge in [-0.2, -0.15) is 0 Å². The molecule has 0 radical (unpaired) electrons. The molecule has 16 heavy (non-hydrogen) atoms. The van der Waals surface area contributed by atoms with Crippen LogP contribution in [0.4, 0.5) is 11.4 Å². The summed E-state index contributed by atoms with van der Waals surface area (Å²) in [6, 6.07) is 4.03. The van der Waals surface area contributed by atoms with Gasteiger partial charge in [0.05, 0.1) is 12.0 Å². The van der Waals surface area contributed by atoms with Gasteiger partial charge in [-0.1, -0.05) is 0 Å². The largest absolute Gasteiger partial charge is 0.459 e. The first kappa shape index (κ1) is 11.5. The minimum absolute atomic E-state index is 0.115. The smallest absolute Gasteiger partial charge is 0.384 e. The first-order chi connectivity index (χ1) is 7.54. The van der Waals surface area contributed by atoms with E-state index in [9.17, 15) is 14.9 Å². The summed E-state index contributed by atoms with van der Waals surface area (Å²) in [5.41, 5.74) is 5.54. The molecular formula is C10H8N2O4. The monoisotopic (exact) mass is 220 g/mol. The van der Waals surface area contributed by atoms with E-state index in [2.05, 4.69) is 16.6 Å². The van der Waals surface area contributed by atoms with Crippen molar-refractivity contribution in [1.29, 1.82) is 0 Å². The lowest BCUT2D eigenvalue weighted by atomic mass is 10.1. The third-order valence-electron chi connectivity index (χ3n) is 1.70. The van der Waals surface area contributed by atoms with Gasteiger partial charge < -0.3 is 10.5 Å². The molecule has 0 spiro atoms. The van der Waals surface area contributed by atoms with Crippen LogP contribution in [0.15, 0.2) is 18.2 Å². The Bertz CT molecular complexity index is 499. The molecule has 1 aromatic carbocycles. The number of ether oxygens (including phenoxy) is 1. The Labute approximate surface area is 91.2 Å². The average molecular weight is 220 g/mol. The van der Waals surface area contributed by atoms with Crippen LogP contribution in [0, 0.1) is 22.0 Å². The molecule has 0 saturated carbocycles. The normalized spacial score (nSPS) is 8.81. The summed E-state index contributed by atoms with van der Waals surface area (Å²) in [7, 11) is 1.18. The number of hydrogen-bond donors (Lipinski definition) is 1. The zero-order valence-electron chi connectivity index (χ0n) is 8.39. The van der Waals surface area contributed by atoms with E-state index in [1.807, 2.05) is 0 Å². The second-order valence-electron chi connectivity index (χ2n) is 2.78. The highest BCUT2D eigenvalue weighted by Gasteiger charge is 2.12. The lowest BCUT2D eigenvalue weighted by molar-refractivity contribution is -0.385. The lowest BCUT2D eigenvalue weighted by Crippen LogP contribution is -1.97. The number of hydrogen-bond acceptors (Lipinski definition) is 5. The number of nitrogens with two attached hydrogens (primary N) is 1. The van der Waals surface area contributed by atoms with Crippen molar-refractivity contribution in [3.8, 4) is 11.8 Å². The average Bonchev–Trinajstić information content (AvgIpc) is 2.26. The molecule has 82 valence electrons. The summed E-state index contributed by atoms with van der Waals surface area (Å²) < 4.78 is 4.29. The highest BCUT2D eigenvalue weighted by Crippen LogP contribution is 2.20. The van der Waals surface area contributed by atoms with Crippen LogP contribution in [0.2, 0.25) is 0 Å². The molecule has 2 N–H and O–H groups in total. The molecule has 0 heterocycles. The molecule has 6 nitrogen and oxygen atoms in total. The molecule has 6 heteroatoms. The van der Waals surface area contributed by atoms with E-state index in [0.717, 1.165) is 0 Å². The molecule has 0 saturated heterocycles. The number of nitrogens with zero attached hydrogens (tertiary/aromatic N) is 1. The van der Waals surface area contributed by atoms with Crippen molar-refractivity contribution in [3.05, 3.63) is 33.9 Å². The van der Waals surface area contributed by atoms with Crippen molar-refractivity contribution in [1.82, 2.24) is 0 Å². The molecule has 1 rings (SSSR count). The zero-order valence-corrected chi connectivity index (χ0v) is 8.39. The van der Waals surface area contributed by atoms with E-state index >= 15 is 0 Å². The molecule has 0 amide bonds. The Morgan fingerprint density at radius 1 is 1.56 bits per heavy atom. The topological polar surface area (TPSA) is 95.5 Å².